The Balaban J connectivity index is 1.50. The van der Waals surface area contributed by atoms with Crippen molar-refractivity contribution in [1.82, 2.24) is 20.5 Å². The second kappa shape index (κ2) is 5.08. The van der Waals surface area contributed by atoms with Gasteiger partial charge in [-0.1, -0.05) is 19.3 Å². The van der Waals surface area contributed by atoms with Crippen LogP contribution < -0.4 is 5.32 Å². The molecule has 0 saturated heterocycles. The minimum Gasteiger partial charge on any atom is -0.349 e. The zero-order valence-corrected chi connectivity index (χ0v) is 10.6. The van der Waals surface area contributed by atoms with Crippen LogP contribution in [-0.4, -0.2) is 27.6 Å². The highest BCUT2D eigenvalue weighted by Crippen LogP contribution is 2.37. The van der Waals surface area contributed by atoms with E-state index in [1.54, 1.807) is 0 Å². The molecule has 2 fully saturated rings. The van der Waals surface area contributed by atoms with Gasteiger partial charge in [-0.2, -0.15) is 0 Å². The van der Waals surface area contributed by atoms with Crippen molar-refractivity contribution in [2.75, 3.05) is 6.54 Å². The summed E-state index contributed by atoms with van der Waals surface area (Å²) >= 11 is 0. The molecule has 2 aliphatic carbocycles. The maximum atomic E-state index is 11.9. The molecule has 3 rings (SSSR count). The fraction of sp³-hybridized carbons (Fsp3) is 0.769. The van der Waals surface area contributed by atoms with Crippen LogP contribution in [0.15, 0.2) is 0 Å². The first-order valence-electron chi connectivity index (χ1n) is 7.03. The monoisotopic (exact) mass is 248 g/mol. The van der Waals surface area contributed by atoms with Gasteiger partial charge in [0.1, 0.15) is 5.82 Å². The molecule has 2 N–H and O–H groups in total. The number of aromatic amines is 1. The molecule has 0 spiro atoms. The van der Waals surface area contributed by atoms with Crippen LogP contribution in [0.1, 0.15) is 67.3 Å². The number of amides is 1. The number of hydrogen-bond acceptors (Lipinski definition) is 3. The van der Waals surface area contributed by atoms with Gasteiger partial charge in [-0.05, 0) is 31.6 Å². The van der Waals surface area contributed by atoms with Crippen molar-refractivity contribution < 1.29 is 4.79 Å². The van der Waals surface area contributed by atoms with Crippen LogP contribution in [0.25, 0.3) is 0 Å². The van der Waals surface area contributed by atoms with E-state index in [0.717, 1.165) is 12.4 Å². The summed E-state index contributed by atoms with van der Waals surface area (Å²) in [6.07, 6.45) is 8.75. The van der Waals surface area contributed by atoms with Crippen LogP contribution in [0.5, 0.6) is 0 Å². The van der Waals surface area contributed by atoms with Gasteiger partial charge < -0.3 is 5.32 Å². The Bertz CT molecular complexity index is 418. The van der Waals surface area contributed by atoms with E-state index in [9.17, 15) is 4.79 Å². The van der Waals surface area contributed by atoms with Crippen molar-refractivity contribution in [3.8, 4) is 0 Å². The van der Waals surface area contributed by atoms with Gasteiger partial charge >= 0.3 is 0 Å². The number of aromatic nitrogens is 3. The number of nitrogens with one attached hydrogen (secondary N) is 2. The second-order valence-electron chi connectivity index (χ2n) is 5.53. The number of rotatable bonds is 4. The fourth-order valence-corrected chi connectivity index (χ4v) is 2.62. The predicted molar refractivity (Wildman–Crippen MR) is 67.3 cm³/mol. The van der Waals surface area contributed by atoms with E-state index in [0.29, 0.717) is 17.7 Å². The van der Waals surface area contributed by atoms with Gasteiger partial charge in [0.15, 0.2) is 0 Å². The molecule has 0 aliphatic heterocycles. The standard InChI is InChI=1S/C13H20N4O/c18-13(14-8-9-4-2-1-3-5-9)12-15-11(16-17-12)10-6-7-10/h9-10H,1-8H2,(H,14,18)(H,15,16,17). The minimum atomic E-state index is -0.135. The molecule has 5 nitrogen and oxygen atoms in total. The summed E-state index contributed by atoms with van der Waals surface area (Å²) in [5, 5.41) is 9.81. The SMILES string of the molecule is O=C(NCC1CCCCC1)c1n[nH]c(C2CC2)n1. The Morgan fingerprint density at radius 3 is 2.72 bits per heavy atom. The molecule has 5 heteroatoms. The van der Waals surface area contributed by atoms with Crippen molar-refractivity contribution in [3.05, 3.63) is 11.6 Å². The number of carbonyl (C=O) groups excluding carboxylic acids is 1. The van der Waals surface area contributed by atoms with E-state index in [1.807, 2.05) is 0 Å². The first-order valence-corrected chi connectivity index (χ1v) is 7.03. The van der Waals surface area contributed by atoms with E-state index < -0.39 is 0 Å². The maximum Gasteiger partial charge on any atom is 0.290 e. The Hall–Kier alpha value is -1.39. The largest absolute Gasteiger partial charge is 0.349 e. The first-order chi connectivity index (χ1) is 8.83. The third-order valence-corrected chi connectivity index (χ3v) is 3.95. The van der Waals surface area contributed by atoms with Crippen molar-refractivity contribution in [2.45, 2.75) is 50.9 Å². The Morgan fingerprint density at radius 2 is 2.00 bits per heavy atom. The van der Waals surface area contributed by atoms with Gasteiger partial charge in [0.25, 0.3) is 5.91 Å². The number of nitrogens with zero attached hydrogens (tertiary/aromatic N) is 2. The zero-order chi connectivity index (χ0) is 12.4. The molecule has 1 heterocycles. The topological polar surface area (TPSA) is 70.7 Å². The third kappa shape index (κ3) is 2.71. The molecule has 18 heavy (non-hydrogen) atoms. The van der Waals surface area contributed by atoms with Crippen LogP contribution in [0.4, 0.5) is 0 Å². The summed E-state index contributed by atoms with van der Waals surface area (Å²) in [7, 11) is 0. The molecule has 2 saturated carbocycles. The van der Waals surface area contributed by atoms with Gasteiger partial charge in [-0.15, -0.1) is 5.10 Å². The molecule has 0 aromatic carbocycles. The van der Waals surface area contributed by atoms with Gasteiger partial charge in [-0.25, -0.2) is 4.98 Å². The lowest BCUT2D eigenvalue weighted by molar-refractivity contribution is 0.0933. The second-order valence-corrected chi connectivity index (χ2v) is 5.53. The molecule has 1 aromatic rings. The predicted octanol–water partition coefficient (Wildman–Crippen LogP) is 1.99. The summed E-state index contributed by atoms with van der Waals surface area (Å²) in [4.78, 5) is 16.1. The molecular formula is C13H20N4O. The number of H-pyrrole nitrogens is 1. The number of hydrogen-bond donors (Lipinski definition) is 2. The average molecular weight is 248 g/mol. The first kappa shape index (κ1) is 11.7. The van der Waals surface area contributed by atoms with Gasteiger partial charge in [0.2, 0.25) is 5.82 Å². The molecule has 0 atom stereocenters. The number of carbonyl (C=O) groups is 1. The summed E-state index contributed by atoms with van der Waals surface area (Å²) < 4.78 is 0. The molecule has 2 aliphatic rings. The highest BCUT2D eigenvalue weighted by atomic mass is 16.2. The van der Waals surface area contributed by atoms with Crippen LogP contribution in [0.3, 0.4) is 0 Å². The molecule has 0 bridgehead atoms. The normalized spacial score (nSPS) is 20.9. The van der Waals surface area contributed by atoms with Crippen LogP contribution in [-0.2, 0) is 0 Å². The summed E-state index contributed by atoms with van der Waals surface area (Å²) in [6, 6.07) is 0. The van der Waals surface area contributed by atoms with E-state index >= 15 is 0 Å². The van der Waals surface area contributed by atoms with Crippen LogP contribution in [0, 0.1) is 5.92 Å². The van der Waals surface area contributed by atoms with Crippen molar-refractivity contribution in [3.63, 3.8) is 0 Å². The van der Waals surface area contributed by atoms with E-state index in [-0.39, 0.29) is 5.91 Å². The highest BCUT2D eigenvalue weighted by molar-refractivity contribution is 5.90. The average Bonchev–Trinajstić information content (AvgIpc) is 3.15. The van der Waals surface area contributed by atoms with Gasteiger partial charge in [0.05, 0.1) is 0 Å². The molecule has 0 radical (unpaired) electrons. The van der Waals surface area contributed by atoms with E-state index in [1.165, 1.54) is 44.9 Å². The van der Waals surface area contributed by atoms with Crippen molar-refractivity contribution in [1.29, 1.82) is 0 Å². The fourth-order valence-electron chi connectivity index (χ4n) is 2.62. The van der Waals surface area contributed by atoms with Crippen molar-refractivity contribution >= 4 is 5.91 Å². The summed E-state index contributed by atoms with van der Waals surface area (Å²) in [6.45, 7) is 0.770. The summed E-state index contributed by atoms with van der Waals surface area (Å²) in [5.74, 6) is 2.19. The smallest absolute Gasteiger partial charge is 0.290 e. The van der Waals surface area contributed by atoms with E-state index in [2.05, 4.69) is 20.5 Å². The Morgan fingerprint density at radius 1 is 1.22 bits per heavy atom. The summed E-state index contributed by atoms with van der Waals surface area (Å²) in [5.41, 5.74) is 0. The zero-order valence-electron chi connectivity index (χ0n) is 10.6. The highest BCUT2D eigenvalue weighted by Gasteiger charge is 2.28. The molecule has 0 unspecified atom stereocenters. The van der Waals surface area contributed by atoms with E-state index in [4.69, 9.17) is 0 Å². The lowest BCUT2D eigenvalue weighted by atomic mass is 9.89. The van der Waals surface area contributed by atoms with Gasteiger partial charge in [0, 0.05) is 12.5 Å². The Kier molecular flexibility index (Phi) is 3.30. The van der Waals surface area contributed by atoms with Crippen LogP contribution in [0.2, 0.25) is 0 Å². The minimum absolute atomic E-state index is 0.135. The molecule has 98 valence electrons. The molecule has 1 aromatic heterocycles. The molecular weight excluding hydrogens is 228 g/mol. The van der Waals surface area contributed by atoms with Gasteiger partial charge in [-0.3, -0.25) is 9.89 Å². The lowest BCUT2D eigenvalue weighted by Crippen LogP contribution is -2.31. The van der Waals surface area contributed by atoms with Crippen molar-refractivity contribution in [2.24, 2.45) is 5.92 Å². The quantitative estimate of drug-likeness (QED) is 0.856. The Labute approximate surface area is 107 Å². The maximum absolute atomic E-state index is 11.9. The van der Waals surface area contributed by atoms with Crippen LogP contribution >= 0.6 is 0 Å². The molecule has 1 amide bonds. The third-order valence-electron chi connectivity index (χ3n) is 3.95. The lowest BCUT2D eigenvalue weighted by Gasteiger charge is -2.21.